The molecular formula is C21H31IN4O. The van der Waals surface area contributed by atoms with Gasteiger partial charge in [0.1, 0.15) is 0 Å². The second kappa shape index (κ2) is 10.8. The molecule has 148 valence electrons. The van der Waals surface area contributed by atoms with Crippen molar-refractivity contribution in [3.8, 4) is 0 Å². The number of ether oxygens (including phenoxy) is 1. The van der Waals surface area contributed by atoms with Crippen LogP contribution in [0.15, 0.2) is 41.5 Å². The summed E-state index contributed by atoms with van der Waals surface area (Å²) in [5.41, 5.74) is 2.55. The van der Waals surface area contributed by atoms with Gasteiger partial charge in [-0.05, 0) is 43.2 Å². The van der Waals surface area contributed by atoms with Crippen molar-refractivity contribution in [3.63, 3.8) is 0 Å². The van der Waals surface area contributed by atoms with Crippen LogP contribution in [0.2, 0.25) is 0 Å². The summed E-state index contributed by atoms with van der Waals surface area (Å²) < 4.78 is 5.29. The molecule has 1 heterocycles. The Bertz CT molecular complexity index is 741. The molecule has 0 radical (unpaired) electrons. The molecule has 1 aliphatic rings. The van der Waals surface area contributed by atoms with Gasteiger partial charge in [0.25, 0.3) is 0 Å². The number of aromatic nitrogens is 1. The van der Waals surface area contributed by atoms with Gasteiger partial charge in [0.05, 0.1) is 12.1 Å². The summed E-state index contributed by atoms with van der Waals surface area (Å²) in [4.78, 5) is 9.32. The molecule has 1 aromatic heterocycles. The zero-order chi connectivity index (χ0) is 18.2. The summed E-state index contributed by atoms with van der Waals surface area (Å²) in [6.07, 6.45) is 6.82. The highest BCUT2D eigenvalue weighted by molar-refractivity contribution is 14.0. The van der Waals surface area contributed by atoms with Crippen molar-refractivity contribution in [2.24, 2.45) is 10.4 Å². The molecule has 27 heavy (non-hydrogen) atoms. The molecule has 1 saturated carbocycles. The fourth-order valence-corrected chi connectivity index (χ4v) is 3.58. The third kappa shape index (κ3) is 5.78. The van der Waals surface area contributed by atoms with E-state index < -0.39 is 0 Å². The first-order valence-corrected chi connectivity index (χ1v) is 9.60. The average Bonchev–Trinajstić information content (AvgIpc) is 2.64. The Morgan fingerprint density at radius 2 is 2.04 bits per heavy atom. The summed E-state index contributed by atoms with van der Waals surface area (Å²) in [6.45, 7) is 5.35. The molecule has 0 bridgehead atoms. The lowest BCUT2D eigenvalue weighted by atomic mass is 9.67. The molecule has 0 atom stereocenters. The minimum atomic E-state index is 0. The molecule has 3 rings (SSSR count). The number of rotatable bonds is 8. The fraction of sp³-hybridized carbons (Fsp3) is 0.524. The monoisotopic (exact) mass is 482 g/mol. The first kappa shape index (κ1) is 21.9. The van der Waals surface area contributed by atoms with E-state index in [-0.39, 0.29) is 24.0 Å². The number of halogens is 1. The first-order valence-electron chi connectivity index (χ1n) is 9.60. The largest absolute Gasteiger partial charge is 0.385 e. The predicted molar refractivity (Wildman–Crippen MR) is 123 cm³/mol. The number of fused-ring (bicyclic) bond motifs is 1. The molecule has 1 fully saturated rings. The van der Waals surface area contributed by atoms with Gasteiger partial charge in [-0.3, -0.25) is 4.98 Å². The van der Waals surface area contributed by atoms with Crippen LogP contribution in [0.3, 0.4) is 0 Å². The molecule has 2 aromatic rings. The van der Waals surface area contributed by atoms with Crippen molar-refractivity contribution in [2.45, 2.75) is 39.2 Å². The van der Waals surface area contributed by atoms with Crippen molar-refractivity contribution < 1.29 is 4.74 Å². The summed E-state index contributed by atoms with van der Waals surface area (Å²) >= 11 is 0. The van der Waals surface area contributed by atoms with Gasteiger partial charge in [0, 0.05) is 38.4 Å². The van der Waals surface area contributed by atoms with Crippen LogP contribution in [0.25, 0.3) is 10.9 Å². The number of nitrogens with zero attached hydrogens (tertiary/aromatic N) is 2. The van der Waals surface area contributed by atoms with Crippen LogP contribution in [0.5, 0.6) is 0 Å². The molecule has 0 unspecified atom stereocenters. The summed E-state index contributed by atoms with van der Waals surface area (Å²) in [7, 11) is 1.78. The van der Waals surface area contributed by atoms with Gasteiger partial charge in [-0.2, -0.15) is 0 Å². The number of para-hydroxylation sites is 1. The number of aliphatic imine (C=N–C) groups is 1. The van der Waals surface area contributed by atoms with E-state index in [9.17, 15) is 0 Å². The van der Waals surface area contributed by atoms with Gasteiger partial charge >= 0.3 is 0 Å². The van der Waals surface area contributed by atoms with E-state index >= 15 is 0 Å². The van der Waals surface area contributed by atoms with Gasteiger partial charge < -0.3 is 15.4 Å². The third-order valence-electron chi connectivity index (χ3n) is 5.35. The summed E-state index contributed by atoms with van der Waals surface area (Å²) in [5.74, 6) is 0.879. The molecule has 1 aromatic carbocycles. The Labute approximate surface area is 179 Å². The lowest BCUT2D eigenvalue weighted by molar-refractivity contribution is 0.0732. The summed E-state index contributed by atoms with van der Waals surface area (Å²) in [6, 6.07) is 10.3. The molecule has 5 nitrogen and oxygen atoms in total. The lowest BCUT2D eigenvalue weighted by Gasteiger charge is -2.42. The van der Waals surface area contributed by atoms with Crippen LogP contribution in [0, 0.1) is 5.41 Å². The highest BCUT2D eigenvalue weighted by atomic mass is 127. The number of hydrogen-bond acceptors (Lipinski definition) is 3. The maximum absolute atomic E-state index is 5.29. The highest BCUT2D eigenvalue weighted by Gasteiger charge is 2.36. The molecule has 1 aliphatic carbocycles. The molecule has 0 spiro atoms. The predicted octanol–water partition coefficient (Wildman–Crippen LogP) is 4.11. The summed E-state index contributed by atoms with van der Waals surface area (Å²) in [5, 5.41) is 8.08. The van der Waals surface area contributed by atoms with E-state index in [0.717, 1.165) is 48.5 Å². The lowest BCUT2D eigenvalue weighted by Crippen LogP contribution is -2.46. The standard InChI is InChI=1S/C21H30N4O.HI/c1-3-22-20(25-16-21(10-6-11-21)12-14-26-2)24-15-18-8-4-7-17-9-5-13-23-19(17)18;/h4-5,7-9,13H,3,6,10-12,14-16H2,1-2H3,(H2,22,24,25);1H. The van der Waals surface area contributed by atoms with Crippen molar-refractivity contribution in [2.75, 3.05) is 26.8 Å². The van der Waals surface area contributed by atoms with Crippen LogP contribution in [0.1, 0.15) is 38.2 Å². The first-order chi connectivity index (χ1) is 12.8. The van der Waals surface area contributed by atoms with E-state index in [1.54, 1.807) is 7.11 Å². The van der Waals surface area contributed by atoms with Crippen molar-refractivity contribution in [1.29, 1.82) is 0 Å². The minimum absolute atomic E-state index is 0. The van der Waals surface area contributed by atoms with E-state index in [4.69, 9.17) is 9.73 Å². The number of nitrogens with one attached hydrogen (secondary N) is 2. The van der Waals surface area contributed by atoms with Crippen LogP contribution in [-0.4, -0.2) is 37.7 Å². The Balaban J connectivity index is 0.00000261. The van der Waals surface area contributed by atoms with E-state index in [2.05, 4.69) is 46.8 Å². The number of methoxy groups -OCH3 is 1. The maximum Gasteiger partial charge on any atom is 0.191 e. The average molecular weight is 482 g/mol. The van der Waals surface area contributed by atoms with Crippen molar-refractivity contribution in [3.05, 3.63) is 42.1 Å². The minimum Gasteiger partial charge on any atom is -0.385 e. The molecule has 0 saturated heterocycles. The number of benzene rings is 1. The van der Waals surface area contributed by atoms with E-state index in [0.29, 0.717) is 12.0 Å². The highest BCUT2D eigenvalue weighted by Crippen LogP contribution is 2.43. The zero-order valence-electron chi connectivity index (χ0n) is 16.3. The van der Waals surface area contributed by atoms with E-state index in [1.807, 2.05) is 12.3 Å². The van der Waals surface area contributed by atoms with Gasteiger partial charge in [0.2, 0.25) is 0 Å². The maximum atomic E-state index is 5.29. The van der Waals surface area contributed by atoms with Crippen LogP contribution in [0.4, 0.5) is 0 Å². The SMILES string of the molecule is CCNC(=NCc1cccc2cccnc12)NCC1(CCOC)CCC1.I. The Morgan fingerprint density at radius 3 is 2.74 bits per heavy atom. The van der Waals surface area contributed by atoms with Crippen LogP contribution in [-0.2, 0) is 11.3 Å². The smallest absolute Gasteiger partial charge is 0.191 e. The van der Waals surface area contributed by atoms with Crippen LogP contribution >= 0.6 is 24.0 Å². The van der Waals surface area contributed by atoms with Crippen LogP contribution < -0.4 is 10.6 Å². The molecule has 0 aliphatic heterocycles. The third-order valence-corrected chi connectivity index (χ3v) is 5.35. The number of guanidine groups is 1. The Kier molecular flexibility index (Phi) is 8.76. The molecule has 0 amide bonds. The quantitative estimate of drug-likeness (QED) is 0.338. The second-order valence-corrected chi connectivity index (χ2v) is 7.14. The van der Waals surface area contributed by atoms with Gasteiger partial charge in [-0.15, -0.1) is 24.0 Å². The fourth-order valence-electron chi connectivity index (χ4n) is 3.58. The Morgan fingerprint density at radius 1 is 1.22 bits per heavy atom. The second-order valence-electron chi connectivity index (χ2n) is 7.14. The molecule has 6 heteroatoms. The molecular weight excluding hydrogens is 451 g/mol. The van der Waals surface area contributed by atoms with E-state index in [1.165, 1.54) is 19.3 Å². The Hall–Kier alpha value is -1.41. The number of pyridine rings is 1. The normalized spacial score (nSPS) is 15.7. The van der Waals surface area contributed by atoms with Gasteiger partial charge in [0.15, 0.2) is 5.96 Å². The van der Waals surface area contributed by atoms with Crippen molar-refractivity contribution >= 4 is 40.8 Å². The number of hydrogen-bond donors (Lipinski definition) is 2. The van der Waals surface area contributed by atoms with Gasteiger partial charge in [-0.1, -0.05) is 30.7 Å². The molecule has 2 N–H and O–H groups in total. The zero-order valence-corrected chi connectivity index (χ0v) is 18.7. The topological polar surface area (TPSA) is 58.5 Å². The van der Waals surface area contributed by atoms with Gasteiger partial charge in [-0.25, -0.2) is 4.99 Å². The van der Waals surface area contributed by atoms with Crippen molar-refractivity contribution in [1.82, 2.24) is 15.6 Å².